The molecular formula is C22H16N4O2S2. The molecule has 0 aliphatic carbocycles. The Balaban J connectivity index is 1.32. The van der Waals surface area contributed by atoms with Crippen molar-refractivity contribution in [2.45, 2.75) is 17.4 Å². The summed E-state index contributed by atoms with van der Waals surface area (Å²) < 4.78 is 5.71. The molecule has 0 aliphatic rings. The summed E-state index contributed by atoms with van der Waals surface area (Å²) in [6.07, 6.45) is 0.590. The SMILES string of the molecule is O=c1[nH]c(CSc2nnc(Cc3ccccc3)o2)nc2scc(-c3ccccc3)c12. The normalized spacial score (nSPS) is 11.2. The molecule has 3 heterocycles. The molecule has 0 saturated heterocycles. The molecule has 0 fully saturated rings. The third kappa shape index (κ3) is 3.92. The molecule has 5 rings (SSSR count). The van der Waals surface area contributed by atoms with E-state index in [0.717, 1.165) is 21.5 Å². The van der Waals surface area contributed by atoms with Crippen molar-refractivity contribution in [3.05, 3.63) is 93.7 Å². The number of rotatable bonds is 6. The number of thioether (sulfide) groups is 1. The zero-order valence-corrected chi connectivity index (χ0v) is 17.4. The number of H-pyrrole nitrogens is 1. The third-order valence-corrected chi connectivity index (χ3v) is 6.26. The van der Waals surface area contributed by atoms with E-state index in [-0.39, 0.29) is 5.56 Å². The predicted octanol–water partition coefficient (Wildman–Crippen LogP) is 4.92. The van der Waals surface area contributed by atoms with E-state index in [4.69, 9.17) is 4.42 Å². The Morgan fingerprint density at radius 3 is 2.57 bits per heavy atom. The van der Waals surface area contributed by atoms with E-state index >= 15 is 0 Å². The fourth-order valence-electron chi connectivity index (χ4n) is 3.16. The topological polar surface area (TPSA) is 84.7 Å². The highest BCUT2D eigenvalue weighted by atomic mass is 32.2. The van der Waals surface area contributed by atoms with Gasteiger partial charge in [0.05, 0.1) is 17.6 Å². The van der Waals surface area contributed by atoms with Gasteiger partial charge in [-0.15, -0.1) is 21.5 Å². The van der Waals surface area contributed by atoms with Crippen molar-refractivity contribution in [2.75, 3.05) is 0 Å². The van der Waals surface area contributed by atoms with Crippen molar-refractivity contribution in [3.8, 4) is 11.1 Å². The van der Waals surface area contributed by atoms with Crippen molar-refractivity contribution in [1.29, 1.82) is 0 Å². The minimum absolute atomic E-state index is 0.133. The average molecular weight is 433 g/mol. The lowest BCUT2D eigenvalue weighted by molar-refractivity contribution is 0.420. The van der Waals surface area contributed by atoms with Crippen molar-refractivity contribution in [1.82, 2.24) is 20.2 Å². The lowest BCUT2D eigenvalue weighted by Gasteiger charge is -2.01. The maximum absolute atomic E-state index is 12.7. The number of hydrogen-bond donors (Lipinski definition) is 1. The first kappa shape index (κ1) is 18.8. The standard InChI is InChI=1S/C22H16N4O2S2/c27-20-19-16(15-9-5-2-6-10-15)12-29-21(19)24-17(23-20)13-30-22-26-25-18(28-22)11-14-7-3-1-4-8-14/h1-10,12H,11,13H2,(H,23,24,27). The van der Waals surface area contributed by atoms with Gasteiger partial charge < -0.3 is 9.40 Å². The number of aromatic nitrogens is 4. The number of nitrogens with one attached hydrogen (secondary N) is 1. The molecule has 1 N–H and O–H groups in total. The van der Waals surface area contributed by atoms with Gasteiger partial charge in [0.2, 0.25) is 5.89 Å². The van der Waals surface area contributed by atoms with Crippen LogP contribution in [0.3, 0.4) is 0 Å². The number of thiophene rings is 1. The molecule has 0 amide bonds. The summed E-state index contributed by atoms with van der Waals surface area (Å²) in [5.41, 5.74) is 2.90. The Morgan fingerprint density at radius 1 is 1.00 bits per heavy atom. The predicted molar refractivity (Wildman–Crippen MR) is 119 cm³/mol. The second kappa shape index (κ2) is 8.25. The molecule has 30 heavy (non-hydrogen) atoms. The molecule has 6 nitrogen and oxygen atoms in total. The summed E-state index contributed by atoms with van der Waals surface area (Å²) in [7, 11) is 0. The van der Waals surface area contributed by atoms with Gasteiger partial charge >= 0.3 is 0 Å². The molecular weight excluding hydrogens is 416 g/mol. The summed E-state index contributed by atoms with van der Waals surface area (Å²) in [6.45, 7) is 0. The summed E-state index contributed by atoms with van der Waals surface area (Å²) in [4.78, 5) is 21.0. The van der Waals surface area contributed by atoms with Gasteiger partial charge in [-0.05, 0) is 11.1 Å². The second-order valence-electron chi connectivity index (χ2n) is 6.62. The van der Waals surface area contributed by atoms with Crippen LogP contribution in [0.2, 0.25) is 0 Å². The molecule has 0 aliphatic heterocycles. The highest BCUT2D eigenvalue weighted by Crippen LogP contribution is 2.31. The fourth-order valence-corrected chi connectivity index (χ4v) is 4.78. The molecule has 0 unspecified atom stereocenters. The quantitative estimate of drug-likeness (QED) is 0.384. The van der Waals surface area contributed by atoms with Crippen LogP contribution >= 0.6 is 23.1 Å². The van der Waals surface area contributed by atoms with E-state index in [2.05, 4.69) is 20.2 Å². The average Bonchev–Trinajstić information content (AvgIpc) is 3.41. The minimum atomic E-state index is -0.133. The molecule has 5 aromatic rings. The van der Waals surface area contributed by atoms with Crippen LogP contribution in [-0.4, -0.2) is 20.2 Å². The Bertz CT molecular complexity index is 1340. The van der Waals surface area contributed by atoms with Crippen molar-refractivity contribution < 1.29 is 4.42 Å². The van der Waals surface area contributed by atoms with E-state index in [1.807, 2.05) is 66.0 Å². The first-order valence-corrected chi connectivity index (χ1v) is 11.2. The summed E-state index contributed by atoms with van der Waals surface area (Å²) >= 11 is 2.83. The van der Waals surface area contributed by atoms with E-state index < -0.39 is 0 Å². The fraction of sp³-hybridized carbons (Fsp3) is 0.0909. The number of nitrogens with zero attached hydrogens (tertiary/aromatic N) is 3. The summed E-state index contributed by atoms with van der Waals surface area (Å²) in [5, 5.41) is 11.3. The van der Waals surface area contributed by atoms with Gasteiger partial charge in [-0.3, -0.25) is 4.79 Å². The van der Waals surface area contributed by atoms with Crippen LogP contribution in [0.4, 0.5) is 0 Å². The Kier molecular flexibility index (Phi) is 5.17. The van der Waals surface area contributed by atoms with Crippen LogP contribution in [0.5, 0.6) is 0 Å². The zero-order chi connectivity index (χ0) is 20.3. The van der Waals surface area contributed by atoms with E-state index in [9.17, 15) is 4.79 Å². The Morgan fingerprint density at radius 2 is 1.77 bits per heavy atom. The van der Waals surface area contributed by atoms with Crippen LogP contribution in [0.25, 0.3) is 21.3 Å². The molecule has 2 aromatic carbocycles. The van der Waals surface area contributed by atoms with Crippen LogP contribution < -0.4 is 5.56 Å². The smallest absolute Gasteiger partial charge is 0.277 e. The first-order valence-electron chi connectivity index (χ1n) is 9.31. The molecule has 0 bridgehead atoms. The van der Waals surface area contributed by atoms with Gasteiger partial charge in [0.1, 0.15) is 10.7 Å². The van der Waals surface area contributed by atoms with Crippen LogP contribution in [0.15, 0.2) is 80.5 Å². The highest BCUT2D eigenvalue weighted by molar-refractivity contribution is 7.98. The summed E-state index contributed by atoms with van der Waals surface area (Å²) in [6, 6.07) is 19.8. The van der Waals surface area contributed by atoms with Crippen molar-refractivity contribution >= 4 is 33.3 Å². The maximum Gasteiger partial charge on any atom is 0.277 e. The van der Waals surface area contributed by atoms with E-state index in [1.54, 1.807) is 0 Å². The maximum atomic E-state index is 12.7. The van der Waals surface area contributed by atoms with Crippen molar-refractivity contribution in [2.24, 2.45) is 0 Å². The zero-order valence-electron chi connectivity index (χ0n) is 15.7. The minimum Gasteiger partial charge on any atom is -0.416 e. The molecule has 0 atom stereocenters. The molecule has 148 valence electrons. The number of fused-ring (bicyclic) bond motifs is 1. The Labute approximate surface area is 180 Å². The van der Waals surface area contributed by atoms with Gasteiger partial charge in [0.15, 0.2) is 0 Å². The number of benzene rings is 2. The second-order valence-corrected chi connectivity index (χ2v) is 8.41. The van der Waals surface area contributed by atoms with Gasteiger partial charge in [0, 0.05) is 10.9 Å². The molecule has 3 aromatic heterocycles. The van der Waals surface area contributed by atoms with Gasteiger partial charge in [-0.2, -0.15) is 0 Å². The lowest BCUT2D eigenvalue weighted by atomic mass is 10.1. The Hall–Kier alpha value is -3.23. The summed E-state index contributed by atoms with van der Waals surface area (Å²) in [5.74, 6) is 1.59. The van der Waals surface area contributed by atoms with Crippen LogP contribution in [-0.2, 0) is 12.2 Å². The van der Waals surface area contributed by atoms with Gasteiger partial charge in [-0.1, -0.05) is 72.4 Å². The number of aromatic amines is 1. The van der Waals surface area contributed by atoms with Crippen molar-refractivity contribution in [3.63, 3.8) is 0 Å². The van der Waals surface area contributed by atoms with Gasteiger partial charge in [-0.25, -0.2) is 4.98 Å². The molecule has 0 saturated carbocycles. The van der Waals surface area contributed by atoms with E-state index in [1.165, 1.54) is 23.1 Å². The van der Waals surface area contributed by atoms with Crippen LogP contribution in [0.1, 0.15) is 17.3 Å². The molecule has 0 radical (unpaired) electrons. The highest BCUT2D eigenvalue weighted by Gasteiger charge is 2.14. The first-order chi connectivity index (χ1) is 14.8. The molecule has 0 spiro atoms. The van der Waals surface area contributed by atoms with Crippen LogP contribution in [0, 0.1) is 0 Å². The third-order valence-electron chi connectivity index (χ3n) is 4.56. The van der Waals surface area contributed by atoms with E-state index in [0.29, 0.717) is 34.5 Å². The monoisotopic (exact) mass is 432 g/mol. The van der Waals surface area contributed by atoms with Gasteiger partial charge in [0.25, 0.3) is 10.8 Å². The lowest BCUT2D eigenvalue weighted by Crippen LogP contribution is -2.10. The largest absolute Gasteiger partial charge is 0.416 e. The molecule has 8 heteroatoms. The number of hydrogen-bond acceptors (Lipinski definition) is 7.